The van der Waals surface area contributed by atoms with Gasteiger partial charge in [0.15, 0.2) is 25.0 Å². The molecule has 0 rings (SSSR count). The zero-order chi connectivity index (χ0) is 20.8. The van der Waals surface area contributed by atoms with Gasteiger partial charge in [0.05, 0.1) is 18.4 Å². The van der Waals surface area contributed by atoms with Crippen molar-refractivity contribution >= 4 is 39.7 Å². The minimum Gasteiger partial charge on any atom is -0.501 e. The average molecular weight is 439 g/mol. The van der Waals surface area contributed by atoms with Crippen LogP contribution in [-0.2, 0) is 21.9 Å². The van der Waals surface area contributed by atoms with Crippen LogP contribution in [-0.4, -0.2) is 51.4 Å². The first kappa shape index (κ1) is 25.8. The number of carboxylic acids is 1. The lowest BCUT2D eigenvalue weighted by Crippen LogP contribution is -2.60. The molecule has 0 heterocycles. The second-order valence-electron chi connectivity index (χ2n) is 9.41. The maximum atomic E-state index is 10.8. The summed E-state index contributed by atoms with van der Waals surface area (Å²) in [7, 11) is -8.44. The summed E-state index contributed by atoms with van der Waals surface area (Å²) in [5.74, 6) is -0.972. The van der Waals surface area contributed by atoms with E-state index in [0.717, 1.165) is 0 Å². The molecule has 10 heteroatoms. The Kier molecular flexibility index (Phi) is 9.71. The van der Waals surface area contributed by atoms with Crippen molar-refractivity contribution in [3.8, 4) is 0 Å². The Bertz CT molecular complexity index is 448. The molecule has 0 amide bonds. The Hall–Kier alpha value is -0.242. The van der Waals surface area contributed by atoms with Crippen LogP contribution >= 0.6 is 0 Å². The number of carbonyl (C=O) groups is 1. The van der Waals surface area contributed by atoms with Crippen molar-refractivity contribution in [3.05, 3.63) is 11.8 Å². The molecule has 0 aromatic rings. The molecule has 0 aromatic carbocycles. The van der Waals surface area contributed by atoms with Crippen molar-refractivity contribution in [3.63, 3.8) is 0 Å². The van der Waals surface area contributed by atoms with Crippen LogP contribution in [0.15, 0.2) is 11.8 Å². The highest BCUT2D eigenvalue weighted by Crippen LogP contribution is 2.29. The highest BCUT2D eigenvalue weighted by molar-refractivity contribution is 6.90. The largest absolute Gasteiger partial charge is 0.501 e. The minimum atomic E-state index is -2.83. The second kappa shape index (κ2) is 9.80. The molecule has 0 spiro atoms. The molecule has 0 radical (unpaired) electrons. The Morgan fingerprint density at radius 2 is 1.23 bits per heavy atom. The summed E-state index contributed by atoms with van der Waals surface area (Å²) in [4.78, 5) is 10.8. The van der Waals surface area contributed by atoms with Crippen LogP contribution in [0.2, 0.25) is 65.0 Å². The third-order valence-electron chi connectivity index (χ3n) is 2.73. The number of ether oxygens (including phenoxy) is 1. The van der Waals surface area contributed by atoms with E-state index in [-0.39, 0.29) is 5.57 Å². The number of carboxylic acid groups (broad SMARTS) is 1. The van der Waals surface area contributed by atoms with Crippen molar-refractivity contribution in [1.29, 1.82) is 0 Å². The molecule has 0 saturated heterocycles. The summed E-state index contributed by atoms with van der Waals surface area (Å²) in [5.41, 5.74) is 0.184. The topological polar surface area (TPSA) is 74.2 Å². The van der Waals surface area contributed by atoms with Crippen LogP contribution < -0.4 is 0 Å². The molecule has 0 aliphatic heterocycles. The molecule has 154 valence electrons. The zero-order valence-corrected chi connectivity index (χ0v) is 22.2. The van der Waals surface area contributed by atoms with Gasteiger partial charge in [-0.1, -0.05) is 0 Å². The summed E-state index contributed by atoms with van der Waals surface area (Å²) in [6.07, 6.45) is 2.00. The van der Waals surface area contributed by atoms with Crippen molar-refractivity contribution < 1.29 is 27.0 Å². The van der Waals surface area contributed by atoms with E-state index in [9.17, 15) is 4.79 Å². The van der Waals surface area contributed by atoms with Gasteiger partial charge < -0.3 is 22.2 Å². The Morgan fingerprint density at radius 3 is 1.54 bits per heavy atom. The van der Waals surface area contributed by atoms with Gasteiger partial charge in [0.2, 0.25) is 0 Å². The van der Waals surface area contributed by atoms with E-state index < -0.39 is 39.7 Å². The van der Waals surface area contributed by atoms with E-state index in [2.05, 4.69) is 58.9 Å². The lowest BCUT2D eigenvalue weighted by molar-refractivity contribution is -0.132. The fourth-order valence-electron chi connectivity index (χ4n) is 2.22. The monoisotopic (exact) mass is 438 g/mol. The van der Waals surface area contributed by atoms with Crippen LogP contribution in [0.3, 0.4) is 0 Å². The molecule has 0 saturated carbocycles. The molecule has 6 nitrogen and oxygen atoms in total. The highest BCUT2D eigenvalue weighted by Gasteiger charge is 2.49. The molecule has 0 atom stereocenters. The first-order valence-corrected chi connectivity index (χ1v) is 21.2. The summed E-state index contributed by atoms with van der Waals surface area (Å²) < 4.78 is 25.1. The number of hydrogen-bond acceptors (Lipinski definition) is 5. The molecular formula is C16H38O6Si4. The van der Waals surface area contributed by atoms with Gasteiger partial charge in [0.1, 0.15) is 0 Å². The van der Waals surface area contributed by atoms with Crippen molar-refractivity contribution in [2.24, 2.45) is 0 Å². The second-order valence-corrected chi connectivity index (χ2v) is 26.4. The number of aliphatic carboxylic acids is 1. The van der Waals surface area contributed by atoms with E-state index in [4.69, 9.17) is 22.2 Å². The molecule has 0 aliphatic carbocycles. The fraction of sp³-hybridized carbons (Fsp3) is 0.812. The van der Waals surface area contributed by atoms with E-state index in [0.29, 0.717) is 19.1 Å². The van der Waals surface area contributed by atoms with Gasteiger partial charge in [-0.3, -0.25) is 0 Å². The van der Waals surface area contributed by atoms with Gasteiger partial charge in [-0.05, 0) is 72.3 Å². The predicted molar refractivity (Wildman–Crippen MR) is 116 cm³/mol. The van der Waals surface area contributed by atoms with Gasteiger partial charge in [0, 0.05) is 6.04 Å². The highest BCUT2D eigenvalue weighted by atomic mass is 28.5. The minimum absolute atomic E-state index is 0.184. The van der Waals surface area contributed by atoms with Crippen molar-refractivity contribution in [2.75, 3.05) is 6.61 Å². The van der Waals surface area contributed by atoms with E-state index in [1.54, 1.807) is 0 Å². The van der Waals surface area contributed by atoms with Crippen LogP contribution in [0.1, 0.15) is 13.3 Å². The molecule has 0 aliphatic rings. The quantitative estimate of drug-likeness (QED) is 0.203. The van der Waals surface area contributed by atoms with Crippen LogP contribution in [0, 0.1) is 0 Å². The standard InChI is InChI=1S/C16H38O6Si4/c1-15(16(17)18)14-19-12-11-13-26(20-23(2,3)4,21-24(5,6)7)22-25(8,9)10/h14H,11-13H2,1-10H3,(H,17,18). The summed E-state index contributed by atoms with van der Waals surface area (Å²) in [6, 6.07) is 0.686. The fourth-order valence-corrected chi connectivity index (χ4v) is 16.8. The number of rotatable bonds is 12. The molecular weight excluding hydrogens is 401 g/mol. The lowest BCUT2D eigenvalue weighted by Gasteiger charge is -2.42. The molecule has 0 aromatic heterocycles. The molecule has 26 heavy (non-hydrogen) atoms. The predicted octanol–water partition coefficient (Wildman–Crippen LogP) is 4.87. The summed E-state index contributed by atoms with van der Waals surface area (Å²) >= 11 is 0. The summed E-state index contributed by atoms with van der Waals surface area (Å²) in [5, 5.41) is 8.86. The van der Waals surface area contributed by atoms with Crippen molar-refractivity contribution in [2.45, 2.75) is 78.3 Å². The van der Waals surface area contributed by atoms with Gasteiger partial charge in [-0.15, -0.1) is 0 Å². The third-order valence-corrected chi connectivity index (χ3v) is 14.8. The van der Waals surface area contributed by atoms with Gasteiger partial charge in [-0.25, -0.2) is 4.79 Å². The van der Waals surface area contributed by atoms with Crippen LogP contribution in [0.25, 0.3) is 0 Å². The maximum absolute atomic E-state index is 10.8. The SMILES string of the molecule is CC(=COCCC[Si](O[Si](C)(C)C)(O[Si](C)(C)C)O[Si](C)(C)C)C(=O)O. The molecule has 0 unspecified atom stereocenters. The first-order valence-electron chi connectivity index (χ1n) is 9.07. The molecule has 0 bridgehead atoms. The van der Waals surface area contributed by atoms with E-state index in [1.807, 2.05) is 0 Å². The van der Waals surface area contributed by atoms with Gasteiger partial charge in [0.25, 0.3) is 0 Å². The number of hydrogen-bond donors (Lipinski definition) is 1. The maximum Gasteiger partial charge on any atom is 0.469 e. The summed E-state index contributed by atoms with van der Waals surface area (Å²) in [6.45, 7) is 21.4. The van der Waals surface area contributed by atoms with Crippen LogP contribution in [0.5, 0.6) is 0 Å². The molecule has 0 fully saturated rings. The van der Waals surface area contributed by atoms with Crippen molar-refractivity contribution in [1.82, 2.24) is 0 Å². The Morgan fingerprint density at radius 1 is 0.846 bits per heavy atom. The Balaban J connectivity index is 5.26. The zero-order valence-electron chi connectivity index (χ0n) is 18.2. The van der Waals surface area contributed by atoms with E-state index in [1.165, 1.54) is 13.2 Å². The van der Waals surface area contributed by atoms with Gasteiger partial charge >= 0.3 is 14.8 Å². The lowest BCUT2D eigenvalue weighted by atomic mass is 10.3. The average Bonchev–Trinajstić information content (AvgIpc) is 2.30. The first-order chi connectivity index (χ1) is 11.4. The normalized spacial score (nSPS) is 14.5. The Labute approximate surface area is 163 Å². The van der Waals surface area contributed by atoms with Gasteiger partial charge in [-0.2, -0.15) is 0 Å². The smallest absolute Gasteiger partial charge is 0.469 e. The third kappa shape index (κ3) is 13.0. The molecule has 1 N–H and O–H groups in total. The van der Waals surface area contributed by atoms with E-state index >= 15 is 0 Å². The van der Waals surface area contributed by atoms with Crippen LogP contribution in [0.4, 0.5) is 0 Å².